The van der Waals surface area contributed by atoms with Gasteiger partial charge in [0.05, 0.1) is 6.54 Å². The van der Waals surface area contributed by atoms with Crippen LogP contribution in [-0.2, 0) is 0 Å². The first-order valence-electron chi connectivity index (χ1n) is 7.20. The Kier molecular flexibility index (Phi) is 9.74. The van der Waals surface area contributed by atoms with Gasteiger partial charge in [-0.2, -0.15) is 0 Å². The van der Waals surface area contributed by atoms with E-state index in [1.165, 1.54) is 12.8 Å². The van der Waals surface area contributed by atoms with Crippen molar-refractivity contribution in [2.24, 2.45) is 16.6 Å². The Morgan fingerprint density at radius 1 is 1.28 bits per heavy atom. The van der Waals surface area contributed by atoms with Crippen molar-refractivity contribution in [1.29, 1.82) is 0 Å². The minimum atomic E-state index is 0.413. The summed E-state index contributed by atoms with van der Waals surface area (Å²) in [7, 11) is 2.09. The van der Waals surface area contributed by atoms with E-state index in [9.17, 15) is 0 Å². The van der Waals surface area contributed by atoms with E-state index in [-0.39, 0.29) is 0 Å². The van der Waals surface area contributed by atoms with Gasteiger partial charge < -0.3 is 16.0 Å². The van der Waals surface area contributed by atoms with Crippen LogP contribution in [0.2, 0.25) is 0 Å². The lowest BCUT2D eigenvalue weighted by atomic mass is 10.0. The van der Waals surface area contributed by atoms with Gasteiger partial charge in [0.1, 0.15) is 0 Å². The van der Waals surface area contributed by atoms with Crippen LogP contribution in [0.5, 0.6) is 0 Å². The van der Waals surface area contributed by atoms with Crippen molar-refractivity contribution in [3.05, 3.63) is 0 Å². The number of nitrogens with one attached hydrogen (secondary N) is 1. The maximum absolute atomic E-state index is 5.85. The van der Waals surface area contributed by atoms with E-state index in [1.807, 2.05) is 0 Å². The molecule has 108 valence electrons. The molecular weight excluding hydrogens is 224 g/mol. The molecule has 0 radical (unpaired) electrons. The molecule has 0 aromatic carbocycles. The molecule has 0 bridgehead atoms. The third kappa shape index (κ3) is 10.4. The molecule has 0 saturated heterocycles. The molecule has 0 heterocycles. The van der Waals surface area contributed by atoms with Crippen LogP contribution in [0.1, 0.15) is 47.0 Å². The first-order valence-corrected chi connectivity index (χ1v) is 7.20. The molecule has 4 nitrogen and oxygen atoms in total. The molecule has 3 N–H and O–H groups in total. The van der Waals surface area contributed by atoms with Crippen LogP contribution < -0.4 is 11.1 Å². The average Bonchev–Trinajstić information content (AvgIpc) is 2.28. The van der Waals surface area contributed by atoms with E-state index < -0.39 is 0 Å². The van der Waals surface area contributed by atoms with Crippen molar-refractivity contribution in [1.82, 2.24) is 10.2 Å². The van der Waals surface area contributed by atoms with Crippen molar-refractivity contribution >= 4 is 5.96 Å². The largest absolute Gasteiger partial charge is 0.370 e. The quantitative estimate of drug-likeness (QED) is 0.490. The second-order valence-electron chi connectivity index (χ2n) is 5.53. The SMILES string of the molecule is CCN(C)CCN=C(N)NC(C)CCCC(C)C. The standard InChI is InChI=1S/C14H32N4/c1-6-18(5)11-10-16-14(15)17-13(4)9-7-8-12(2)3/h12-13H,6-11H2,1-5H3,(H3,15,16,17). The first-order chi connectivity index (χ1) is 8.45. The van der Waals surface area contributed by atoms with Gasteiger partial charge in [0.15, 0.2) is 5.96 Å². The summed E-state index contributed by atoms with van der Waals surface area (Å²) < 4.78 is 0. The number of aliphatic imine (C=N–C) groups is 1. The van der Waals surface area contributed by atoms with Crippen LogP contribution in [-0.4, -0.2) is 43.6 Å². The molecule has 0 aliphatic carbocycles. The summed E-state index contributed by atoms with van der Waals surface area (Å²) >= 11 is 0. The fourth-order valence-electron chi connectivity index (χ4n) is 1.70. The normalized spacial score (nSPS) is 14.3. The predicted molar refractivity (Wildman–Crippen MR) is 80.9 cm³/mol. The number of rotatable bonds is 9. The second kappa shape index (κ2) is 10.2. The van der Waals surface area contributed by atoms with Gasteiger partial charge in [-0.05, 0) is 32.9 Å². The summed E-state index contributed by atoms with van der Waals surface area (Å²) in [5.74, 6) is 1.37. The first kappa shape index (κ1) is 17.2. The molecule has 0 aliphatic rings. The zero-order valence-corrected chi connectivity index (χ0v) is 12.9. The lowest BCUT2D eigenvalue weighted by molar-refractivity contribution is 0.363. The van der Waals surface area contributed by atoms with Crippen LogP contribution in [0.15, 0.2) is 4.99 Å². The number of nitrogens with zero attached hydrogens (tertiary/aromatic N) is 2. The van der Waals surface area contributed by atoms with E-state index in [0.29, 0.717) is 12.0 Å². The van der Waals surface area contributed by atoms with E-state index >= 15 is 0 Å². The van der Waals surface area contributed by atoms with Crippen molar-refractivity contribution in [3.8, 4) is 0 Å². The highest BCUT2D eigenvalue weighted by Gasteiger charge is 2.03. The highest BCUT2D eigenvalue weighted by atomic mass is 15.1. The number of hydrogen-bond donors (Lipinski definition) is 2. The molecule has 0 fully saturated rings. The van der Waals surface area contributed by atoms with E-state index in [2.05, 4.69) is 50.0 Å². The Hall–Kier alpha value is -0.770. The zero-order valence-electron chi connectivity index (χ0n) is 12.9. The Morgan fingerprint density at radius 2 is 1.94 bits per heavy atom. The van der Waals surface area contributed by atoms with Gasteiger partial charge >= 0.3 is 0 Å². The van der Waals surface area contributed by atoms with Crippen molar-refractivity contribution in [2.75, 3.05) is 26.7 Å². The molecule has 1 unspecified atom stereocenters. The lowest BCUT2D eigenvalue weighted by Gasteiger charge is -2.16. The third-order valence-electron chi connectivity index (χ3n) is 3.12. The van der Waals surface area contributed by atoms with Crippen LogP contribution >= 0.6 is 0 Å². The van der Waals surface area contributed by atoms with Gasteiger partial charge in [0.2, 0.25) is 0 Å². The average molecular weight is 256 g/mol. The van der Waals surface area contributed by atoms with Crippen molar-refractivity contribution in [3.63, 3.8) is 0 Å². The smallest absolute Gasteiger partial charge is 0.188 e. The topological polar surface area (TPSA) is 53.6 Å². The number of hydrogen-bond acceptors (Lipinski definition) is 2. The fraction of sp³-hybridized carbons (Fsp3) is 0.929. The highest BCUT2D eigenvalue weighted by Crippen LogP contribution is 2.07. The summed E-state index contributed by atoms with van der Waals surface area (Å²) in [5, 5.41) is 3.25. The molecule has 4 heteroatoms. The van der Waals surface area contributed by atoms with Gasteiger partial charge in [0.25, 0.3) is 0 Å². The van der Waals surface area contributed by atoms with Crippen molar-refractivity contribution < 1.29 is 0 Å². The van der Waals surface area contributed by atoms with Gasteiger partial charge in [-0.1, -0.05) is 33.6 Å². The van der Waals surface area contributed by atoms with Crippen molar-refractivity contribution in [2.45, 2.75) is 53.0 Å². The summed E-state index contributed by atoms with van der Waals surface area (Å²) in [4.78, 5) is 6.56. The molecule has 0 amide bonds. The monoisotopic (exact) mass is 256 g/mol. The fourth-order valence-corrected chi connectivity index (χ4v) is 1.70. The Labute approximate surface area is 113 Å². The summed E-state index contributed by atoms with van der Waals surface area (Å²) in [6, 6.07) is 0.413. The summed E-state index contributed by atoms with van der Waals surface area (Å²) in [6.07, 6.45) is 3.69. The van der Waals surface area contributed by atoms with Gasteiger partial charge in [0, 0.05) is 12.6 Å². The molecule has 0 saturated carbocycles. The molecule has 0 aromatic rings. The predicted octanol–water partition coefficient (Wildman–Crippen LogP) is 2.06. The lowest BCUT2D eigenvalue weighted by Crippen LogP contribution is -2.39. The second-order valence-corrected chi connectivity index (χ2v) is 5.53. The highest BCUT2D eigenvalue weighted by molar-refractivity contribution is 5.78. The Morgan fingerprint density at radius 3 is 2.50 bits per heavy atom. The molecular formula is C14H32N4. The zero-order chi connectivity index (χ0) is 14.0. The Bertz CT molecular complexity index is 226. The van der Waals surface area contributed by atoms with Gasteiger partial charge in [-0.15, -0.1) is 0 Å². The molecule has 0 spiro atoms. The molecule has 1 atom stereocenters. The number of likely N-dealkylation sites (N-methyl/N-ethyl adjacent to an activating group) is 1. The number of nitrogens with two attached hydrogens (primary N) is 1. The van der Waals surface area contributed by atoms with Crippen LogP contribution in [0.3, 0.4) is 0 Å². The van der Waals surface area contributed by atoms with Gasteiger partial charge in [-0.25, -0.2) is 0 Å². The van der Waals surface area contributed by atoms with E-state index in [0.717, 1.165) is 32.0 Å². The maximum atomic E-state index is 5.85. The van der Waals surface area contributed by atoms with E-state index in [1.54, 1.807) is 0 Å². The molecule has 0 aromatic heterocycles. The van der Waals surface area contributed by atoms with Crippen LogP contribution in [0, 0.1) is 5.92 Å². The third-order valence-corrected chi connectivity index (χ3v) is 3.12. The minimum Gasteiger partial charge on any atom is -0.370 e. The Balaban J connectivity index is 3.71. The minimum absolute atomic E-state index is 0.413. The van der Waals surface area contributed by atoms with Gasteiger partial charge in [-0.3, -0.25) is 4.99 Å². The summed E-state index contributed by atoms with van der Waals surface area (Å²) in [5.41, 5.74) is 5.85. The summed E-state index contributed by atoms with van der Waals surface area (Å²) in [6.45, 7) is 11.6. The van der Waals surface area contributed by atoms with Crippen LogP contribution in [0.25, 0.3) is 0 Å². The van der Waals surface area contributed by atoms with Crippen LogP contribution in [0.4, 0.5) is 0 Å². The molecule has 0 rings (SSSR count). The molecule has 18 heavy (non-hydrogen) atoms. The van der Waals surface area contributed by atoms with E-state index in [4.69, 9.17) is 5.73 Å². The number of guanidine groups is 1. The molecule has 0 aliphatic heterocycles. The maximum Gasteiger partial charge on any atom is 0.188 e.